The van der Waals surface area contributed by atoms with Crippen LogP contribution in [-0.2, 0) is 24.5 Å². The zero-order valence-electron chi connectivity index (χ0n) is 16.4. The number of carbonyl (C=O) groups excluding carboxylic acids is 3. The van der Waals surface area contributed by atoms with Crippen molar-refractivity contribution in [1.29, 1.82) is 0 Å². The van der Waals surface area contributed by atoms with Crippen molar-refractivity contribution in [2.45, 2.75) is 45.1 Å². The molecule has 2 rings (SSSR count). The average molecular weight is 379 g/mol. The third kappa shape index (κ3) is 5.29. The van der Waals surface area contributed by atoms with Gasteiger partial charge in [0.15, 0.2) is 0 Å². The molecule has 27 heavy (non-hydrogen) atoms. The molecule has 3 amide bonds. The highest BCUT2D eigenvalue weighted by molar-refractivity contribution is 5.87. The van der Waals surface area contributed by atoms with Crippen LogP contribution >= 0.6 is 0 Å². The van der Waals surface area contributed by atoms with E-state index < -0.39 is 11.0 Å². The summed E-state index contributed by atoms with van der Waals surface area (Å²) in [5.41, 5.74) is -0.675. The summed E-state index contributed by atoms with van der Waals surface area (Å²) in [7, 11) is 0. The first-order chi connectivity index (χ1) is 12.7. The molecule has 0 aromatic carbocycles. The van der Waals surface area contributed by atoms with Crippen molar-refractivity contribution >= 4 is 17.7 Å². The van der Waals surface area contributed by atoms with E-state index in [0.29, 0.717) is 26.1 Å². The highest BCUT2D eigenvalue weighted by atomic mass is 16.5. The zero-order valence-corrected chi connectivity index (χ0v) is 16.4. The molecule has 1 unspecified atom stereocenters. The van der Waals surface area contributed by atoms with Gasteiger partial charge in [0.25, 0.3) is 0 Å². The molecule has 0 bridgehead atoms. The molecular formula is C18H29N5O4. The molecule has 1 atom stereocenters. The van der Waals surface area contributed by atoms with E-state index >= 15 is 0 Å². The predicted molar refractivity (Wildman–Crippen MR) is 98.9 cm³/mol. The SMILES string of the molecule is CCC(=O)NCC(=O)NCC1(C)CN(C(=O)C(C)(C)c2cnc[nH]2)CCO1. The number of H-pyrrole nitrogens is 1. The molecule has 1 saturated heterocycles. The van der Waals surface area contributed by atoms with Gasteiger partial charge in [-0.1, -0.05) is 6.92 Å². The lowest BCUT2D eigenvalue weighted by molar-refractivity contribution is -0.153. The van der Waals surface area contributed by atoms with Gasteiger partial charge in [-0.25, -0.2) is 4.98 Å². The zero-order chi connectivity index (χ0) is 20.1. The van der Waals surface area contributed by atoms with Gasteiger partial charge in [-0.15, -0.1) is 0 Å². The van der Waals surface area contributed by atoms with Crippen LogP contribution < -0.4 is 10.6 Å². The Kier molecular flexibility index (Phi) is 6.59. The second-order valence-electron chi connectivity index (χ2n) is 7.52. The monoisotopic (exact) mass is 379 g/mol. The molecule has 2 heterocycles. The van der Waals surface area contributed by atoms with Crippen LogP contribution in [0, 0.1) is 0 Å². The summed E-state index contributed by atoms with van der Waals surface area (Å²) in [4.78, 5) is 44.9. The number of nitrogens with zero attached hydrogens (tertiary/aromatic N) is 2. The summed E-state index contributed by atoms with van der Waals surface area (Å²) in [6.45, 7) is 8.73. The van der Waals surface area contributed by atoms with Crippen molar-refractivity contribution in [2.75, 3.05) is 32.8 Å². The molecule has 9 heteroatoms. The minimum absolute atomic E-state index is 0.0252. The number of aromatic amines is 1. The van der Waals surface area contributed by atoms with E-state index in [0.717, 1.165) is 5.69 Å². The summed E-state index contributed by atoms with van der Waals surface area (Å²) < 4.78 is 5.83. The summed E-state index contributed by atoms with van der Waals surface area (Å²) >= 11 is 0. The first-order valence-corrected chi connectivity index (χ1v) is 9.13. The number of morpholine rings is 1. The molecular weight excluding hydrogens is 350 g/mol. The Hall–Kier alpha value is -2.42. The number of hydrogen-bond acceptors (Lipinski definition) is 5. The minimum atomic E-state index is -0.734. The summed E-state index contributed by atoms with van der Waals surface area (Å²) in [6, 6.07) is 0. The second-order valence-corrected chi connectivity index (χ2v) is 7.52. The van der Waals surface area contributed by atoms with Gasteiger partial charge in [0.05, 0.1) is 31.4 Å². The van der Waals surface area contributed by atoms with E-state index in [1.54, 1.807) is 24.3 Å². The van der Waals surface area contributed by atoms with Crippen LogP contribution in [0.2, 0.25) is 0 Å². The molecule has 1 aliphatic rings. The number of rotatable bonds is 7. The molecule has 0 spiro atoms. The predicted octanol–water partition coefficient (Wildman–Crippen LogP) is -0.0528. The summed E-state index contributed by atoms with van der Waals surface area (Å²) in [6.07, 6.45) is 3.54. The van der Waals surface area contributed by atoms with Crippen LogP contribution in [0.15, 0.2) is 12.5 Å². The maximum atomic E-state index is 13.0. The quantitative estimate of drug-likeness (QED) is 0.614. The molecule has 0 aliphatic carbocycles. The standard InChI is InChI=1S/C18H29N5O4/c1-5-14(24)20-9-15(25)21-10-18(4)11-23(6-7-27-18)16(26)17(2,3)13-8-19-12-22-13/h8,12H,5-7,9-11H2,1-4H3,(H,19,22)(H,20,24)(H,21,25). The second kappa shape index (κ2) is 8.51. The maximum absolute atomic E-state index is 13.0. The molecule has 1 aliphatic heterocycles. The minimum Gasteiger partial charge on any atom is -0.370 e. The van der Waals surface area contributed by atoms with E-state index in [9.17, 15) is 14.4 Å². The molecule has 1 aromatic heterocycles. The van der Waals surface area contributed by atoms with Gasteiger partial charge >= 0.3 is 0 Å². The van der Waals surface area contributed by atoms with Crippen LogP contribution in [0.4, 0.5) is 0 Å². The molecule has 9 nitrogen and oxygen atoms in total. The molecule has 0 saturated carbocycles. The number of imidazole rings is 1. The van der Waals surface area contributed by atoms with Gasteiger partial charge in [0.1, 0.15) is 5.60 Å². The van der Waals surface area contributed by atoms with E-state index in [1.807, 2.05) is 20.8 Å². The number of ether oxygens (including phenoxy) is 1. The Morgan fingerprint density at radius 3 is 2.70 bits per heavy atom. The van der Waals surface area contributed by atoms with Crippen molar-refractivity contribution in [1.82, 2.24) is 25.5 Å². The van der Waals surface area contributed by atoms with Gasteiger partial charge in [0, 0.05) is 31.4 Å². The van der Waals surface area contributed by atoms with E-state index in [2.05, 4.69) is 20.6 Å². The van der Waals surface area contributed by atoms with E-state index in [1.165, 1.54) is 0 Å². The van der Waals surface area contributed by atoms with Crippen molar-refractivity contribution < 1.29 is 19.1 Å². The Labute approximate surface area is 159 Å². The highest BCUT2D eigenvalue weighted by Gasteiger charge is 2.40. The molecule has 1 fully saturated rings. The number of carbonyl (C=O) groups is 3. The fraction of sp³-hybridized carbons (Fsp3) is 0.667. The van der Waals surface area contributed by atoms with Crippen molar-refractivity contribution in [3.8, 4) is 0 Å². The van der Waals surface area contributed by atoms with E-state index in [-0.39, 0.29) is 30.8 Å². The molecule has 3 N–H and O–H groups in total. The van der Waals surface area contributed by atoms with Crippen molar-refractivity contribution in [3.63, 3.8) is 0 Å². The normalized spacial score (nSPS) is 20.2. The van der Waals surface area contributed by atoms with Crippen LogP contribution in [-0.4, -0.2) is 71.0 Å². The average Bonchev–Trinajstić information content (AvgIpc) is 3.19. The number of aromatic nitrogens is 2. The van der Waals surface area contributed by atoms with Gasteiger partial charge in [-0.3, -0.25) is 14.4 Å². The first kappa shape index (κ1) is 20.9. The lowest BCUT2D eigenvalue weighted by Crippen LogP contribution is -2.59. The Morgan fingerprint density at radius 2 is 2.07 bits per heavy atom. The van der Waals surface area contributed by atoms with Gasteiger partial charge in [0.2, 0.25) is 17.7 Å². The van der Waals surface area contributed by atoms with Gasteiger partial charge < -0.3 is 25.3 Å². The smallest absolute Gasteiger partial charge is 0.239 e. The van der Waals surface area contributed by atoms with Crippen LogP contribution in [0.5, 0.6) is 0 Å². The van der Waals surface area contributed by atoms with Crippen LogP contribution in [0.3, 0.4) is 0 Å². The third-order valence-electron chi connectivity index (χ3n) is 4.76. The number of amides is 3. The van der Waals surface area contributed by atoms with Gasteiger partial charge in [-0.2, -0.15) is 0 Å². The van der Waals surface area contributed by atoms with Crippen LogP contribution in [0.25, 0.3) is 0 Å². The van der Waals surface area contributed by atoms with Crippen LogP contribution in [0.1, 0.15) is 39.8 Å². The first-order valence-electron chi connectivity index (χ1n) is 9.13. The molecule has 0 radical (unpaired) electrons. The Bertz CT molecular complexity index is 673. The summed E-state index contributed by atoms with van der Waals surface area (Å²) in [5, 5.41) is 5.29. The number of hydrogen-bond donors (Lipinski definition) is 3. The lowest BCUT2D eigenvalue weighted by Gasteiger charge is -2.42. The lowest BCUT2D eigenvalue weighted by atomic mass is 9.87. The topological polar surface area (TPSA) is 116 Å². The highest BCUT2D eigenvalue weighted by Crippen LogP contribution is 2.26. The largest absolute Gasteiger partial charge is 0.370 e. The fourth-order valence-corrected chi connectivity index (χ4v) is 2.97. The number of nitrogens with one attached hydrogen (secondary N) is 3. The van der Waals surface area contributed by atoms with Gasteiger partial charge in [-0.05, 0) is 20.8 Å². The van der Waals surface area contributed by atoms with Crippen molar-refractivity contribution in [3.05, 3.63) is 18.2 Å². The maximum Gasteiger partial charge on any atom is 0.239 e. The Morgan fingerprint density at radius 1 is 1.33 bits per heavy atom. The molecule has 1 aromatic rings. The molecule has 150 valence electrons. The Balaban J connectivity index is 1.93. The third-order valence-corrected chi connectivity index (χ3v) is 4.76. The fourth-order valence-electron chi connectivity index (χ4n) is 2.97. The van der Waals surface area contributed by atoms with Crippen molar-refractivity contribution in [2.24, 2.45) is 0 Å². The summed E-state index contributed by atoms with van der Waals surface area (Å²) in [5.74, 6) is -0.492. The van der Waals surface area contributed by atoms with E-state index in [4.69, 9.17) is 4.74 Å².